The standard InChI is InChI=1S/C22H33ClN4O5.C13H24N2O2.C8H11ClN2O2/c1-20(2,3)31-17(28)16-15(23)13-27(24-16)18(29)25-10-7-22(8-11-25)9-12-26(14-22)19(30)32-21(4,5)6;1-12(2,3)17-11(16)15-9-6-13(10-15)4-7-14-8-5-13;1-8(2,3)13-7(12)6-5(9)4-10-11-6/h13H,7-12,14H2,1-6H3;14H,4-10H2,1-3H3;4H,1-3H3,(H,10,11). The van der Waals surface area contributed by atoms with Crippen LogP contribution in [0.1, 0.15) is 143 Å². The lowest BCUT2D eigenvalue weighted by atomic mass is 9.78. The molecule has 17 nitrogen and oxygen atoms in total. The average molecular weight is 912 g/mol. The van der Waals surface area contributed by atoms with Gasteiger partial charge in [-0.1, -0.05) is 23.2 Å². The molecule has 0 saturated carbocycles. The van der Waals surface area contributed by atoms with Crippen LogP contribution in [0.15, 0.2) is 12.4 Å². The Morgan fingerprint density at radius 3 is 1.44 bits per heavy atom. The van der Waals surface area contributed by atoms with Crippen molar-refractivity contribution in [3.05, 3.63) is 33.8 Å². The maximum atomic E-state index is 12.9. The van der Waals surface area contributed by atoms with Gasteiger partial charge in [0.05, 0.1) is 22.4 Å². The summed E-state index contributed by atoms with van der Waals surface area (Å²) in [6.45, 7) is 28.2. The van der Waals surface area contributed by atoms with E-state index in [2.05, 4.69) is 20.6 Å². The van der Waals surface area contributed by atoms with E-state index in [-0.39, 0.29) is 50.7 Å². The van der Waals surface area contributed by atoms with Crippen LogP contribution in [0, 0.1) is 10.8 Å². The van der Waals surface area contributed by atoms with Gasteiger partial charge >= 0.3 is 30.2 Å². The molecule has 2 N–H and O–H groups in total. The fraction of sp³-hybridized carbons (Fsp3) is 0.744. The number of hydrogen-bond donors (Lipinski definition) is 2. The van der Waals surface area contributed by atoms with Crippen molar-refractivity contribution >= 4 is 53.4 Å². The molecular weight excluding hydrogens is 843 g/mol. The third-order valence-corrected chi connectivity index (χ3v) is 11.2. The quantitative estimate of drug-likeness (QED) is 0.217. The normalized spacial score (nSPS) is 18.6. The summed E-state index contributed by atoms with van der Waals surface area (Å²) in [6.07, 6.45) is 8.24. The Labute approximate surface area is 376 Å². The topological polar surface area (TPSA) is 191 Å². The molecular formula is C43H68Cl2N8O9. The number of carbonyl (C=O) groups is 5. The van der Waals surface area contributed by atoms with Crippen molar-refractivity contribution in [2.45, 2.75) is 144 Å². The van der Waals surface area contributed by atoms with Crippen LogP contribution >= 0.6 is 23.2 Å². The number of aromatic nitrogens is 4. The minimum atomic E-state index is -0.691. The molecule has 348 valence electrons. The van der Waals surface area contributed by atoms with E-state index in [9.17, 15) is 24.0 Å². The molecule has 6 heterocycles. The van der Waals surface area contributed by atoms with E-state index in [0.717, 1.165) is 56.5 Å². The van der Waals surface area contributed by atoms with Gasteiger partial charge in [0.15, 0.2) is 11.4 Å². The highest BCUT2D eigenvalue weighted by Crippen LogP contribution is 2.41. The van der Waals surface area contributed by atoms with Crippen LogP contribution in [0.4, 0.5) is 14.4 Å². The molecule has 0 radical (unpaired) electrons. The molecule has 4 aliphatic rings. The third kappa shape index (κ3) is 15.0. The van der Waals surface area contributed by atoms with E-state index in [1.54, 1.807) is 51.3 Å². The molecule has 0 atom stereocenters. The van der Waals surface area contributed by atoms with E-state index in [4.69, 9.17) is 42.1 Å². The average Bonchev–Trinajstić information content (AvgIpc) is 3.93. The number of nitrogens with one attached hydrogen (secondary N) is 2. The molecule has 19 heteroatoms. The molecule has 0 aromatic carbocycles. The van der Waals surface area contributed by atoms with Gasteiger partial charge in [-0.3, -0.25) is 5.10 Å². The van der Waals surface area contributed by atoms with Crippen molar-refractivity contribution in [2.24, 2.45) is 10.8 Å². The van der Waals surface area contributed by atoms with Crippen LogP contribution in [-0.2, 0) is 18.9 Å². The zero-order valence-corrected chi connectivity index (χ0v) is 40.2. The van der Waals surface area contributed by atoms with E-state index in [0.29, 0.717) is 31.6 Å². The highest BCUT2D eigenvalue weighted by Gasteiger charge is 2.44. The first-order valence-corrected chi connectivity index (χ1v) is 22.1. The Bertz CT molecular complexity index is 1890. The second-order valence-corrected chi connectivity index (χ2v) is 21.5. The van der Waals surface area contributed by atoms with Crippen LogP contribution in [0.5, 0.6) is 0 Å². The van der Waals surface area contributed by atoms with E-state index in [1.165, 1.54) is 25.2 Å². The highest BCUT2D eigenvalue weighted by molar-refractivity contribution is 6.33. The van der Waals surface area contributed by atoms with Crippen molar-refractivity contribution in [3.8, 4) is 0 Å². The Kier molecular flexibility index (Phi) is 16.1. The minimum absolute atomic E-state index is 0.00286. The minimum Gasteiger partial charge on any atom is -0.455 e. The third-order valence-electron chi connectivity index (χ3n) is 10.6. The molecule has 0 aliphatic carbocycles. The molecule has 2 aromatic rings. The summed E-state index contributed by atoms with van der Waals surface area (Å²) in [7, 11) is 0. The number of piperidine rings is 2. The molecule has 4 saturated heterocycles. The highest BCUT2D eigenvalue weighted by atomic mass is 35.5. The largest absolute Gasteiger partial charge is 0.455 e. The van der Waals surface area contributed by atoms with Gasteiger partial charge in [-0.25, -0.2) is 24.0 Å². The van der Waals surface area contributed by atoms with Crippen molar-refractivity contribution in [3.63, 3.8) is 0 Å². The Hall–Kier alpha value is -4.09. The summed E-state index contributed by atoms with van der Waals surface area (Å²) >= 11 is 11.8. The number of hydrogen-bond acceptors (Lipinski definition) is 12. The fourth-order valence-electron chi connectivity index (χ4n) is 7.58. The lowest BCUT2D eigenvalue weighted by molar-refractivity contribution is 0.00502. The fourth-order valence-corrected chi connectivity index (χ4v) is 7.96. The number of esters is 2. The molecule has 3 amide bonds. The number of carbonyl (C=O) groups excluding carboxylic acids is 5. The van der Waals surface area contributed by atoms with Crippen LogP contribution in [0.3, 0.4) is 0 Å². The summed E-state index contributed by atoms with van der Waals surface area (Å²) < 4.78 is 22.4. The predicted molar refractivity (Wildman–Crippen MR) is 235 cm³/mol. The second-order valence-electron chi connectivity index (χ2n) is 20.7. The number of aromatic amines is 1. The van der Waals surface area contributed by atoms with Crippen molar-refractivity contribution < 1.29 is 42.9 Å². The summed E-state index contributed by atoms with van der Waals surface area (Å²) in [6, 6.07) is -0.335. The van der Waals surface area contributed by atoms with Crippen LogP contribution in [-0.4, -0.2) is 140 Å². The molecule has 6 rings (SSSR count). The lowest BCUT2D eigenvalue weighted by Gasteiger charge is -2.39. The summed E-state index contributed by atoms with van der Waals surface area (Å²) in [5.74, 6) is -1.16. The van der Waals surface area contributed by atoms with Gasteiger partial charge in [0, 0.05) is 39.3 Å². The maximum Gasteiger partial charge on any atom is 0.410 e. The number of amides is 3. The van der Waals surface area contributed by atoms with Crippen molar-refractivity contribution in [1.29, 1.82) is 0 Å². The number of ether oxygens (including phenoxy) is 4. The predicted octanol–water partition coefficient (Wildman–Crippen LogP) is 8.20. The molecule has 2 aromatic heterocycles. The number of halogens is 2. The number of nitrogens with zero attached hydrogens (tertiary/aromatic N) is 6. The number of likely N-dealkylation sites (tertiary alicyclic amines) is 3. The zero-order valence-electron chi connectivity index (χ0n) is 38.7. The first-order chi connectivity index (χ1) is 28.5. The van der Waals surface area contributed by atoms with Crippen LogP contribution < -0.4 is 5.32 Å². The van der Waals surface area contributed by atoms with Gasteiger partial charge in [0.1, 0.15) is 22.4 Å². The van der Waals surface area contributed by atoms with Crippen molar-refractivity contribution in [2.75, 3.05) is 52.4 Å². The van der Waals surface area contributed by atoms with Crippen LogP contribution in [0.25, 0.3) is 0 Å². The summed E-state index contributed by atoms with van der Waals surface area (Å²) in [5, 5.41) is 13.9. The molecule has 0 unspecified atom stereocenters. The van der Waals surface area contributed by atoms with Crippen LogP contribution in [0.2, 0.25) is 10.0 Å². The molecule has 0 bridgehead atoms. The smallest absolute Gasteiger partial charge is 0.410 e. The van der Waals surface area contributed by atoms with E-state index in [1.807, 2.05) is 46.4 Å². The summed E-state index contributed by atoms with van der Waals surface area (Å²) in [5.41, 5.74) is -1.65. The molecule has 62 heavy (non-hydrogen) atoms. The first-order valence-electron chi connectivity index (χ1n) is 21.3. The van der Waals surface area contributed by atoms with Gasteiger partial charge in [-0.15, -0.1) is 0 Å². The Morgan fingerprint density at radius 1 is 0.597 bits per heavy atom. The van der Waals surface area contributed by atoms with Gasteiger partial charge in [0.2, 0.25) is 0 Å². The molecule has 4 aliphatic heterocycles. The van der Waals surface area contributed by atoms with Gasteiger partial charge in [0.25, 0.3) is 0 Å². The zero-order chi connectivity index (χ0) is 46.5. The Morgan fingerprint density at radius 2 is 1.02 bits per heavy atom. The lowest BCUT2D eigenvalue weighted by Crippen LogP contribution is -2.46. The molecule has 4 fully saturated rings. The SMILES string of the molecule is CC(C)(C)OC(=O)N1CCC2(CCNCC2)C1.CC(C)(C)OC(=O)c1[nH]ncc1Cl.CC(C)(C)OC(=O)c1nn(C(=O)N2CCC3(CCN(C(=O)OC(C)(C)C)C3)CC2)cc1Cl. The van der Waals surface area contributed by atoms with Crippen molar-refractivity contribution in [1.82, 2.24) is 40.0 Å². The van der Waals surface area contributed by atoms with E-state index >= 15 is 0 Å². The summed E-state index contributed by atoms with van der Waals surface area (Å²) in [4.78, 5) is 66.3. The Balaban J connectivity index is 0.000000234. The van der Waals surface area contributed by atoms with E-state index < -0.39 is 28.7 Å². The van der Waals surface area contributed by atoms with Gasteiger partial charge in [-0.05, 0) is 146 Å². The second kappa shape index (κ2) is 19.7. The first kappa shape index (κ1) is 50.6. The van der Waals surface area contributed by atoms with Gasteiger partial charge < -0.3 is 39.0 Å². The monoisotopic (exact) mass is 910 g/mol. The number of H-pyrrole nitrogens is 1. The molecule has 2 spiro atoms. The number of rotatable bonds is 2. The van der Waals surface area contributed by atoms with Gasteiger partial charge in [-0.2, -0.15) is 14.9 Å². The maximum absolute atomic E-state index is 12.9.